The maximum Gasteiger partial charge on any atom is 0.398 e. The maximum atomic E-state index is 11.3. The third-order valence-electron chi connectivity index (χ3n) is 4.07. The number of rotatable bonds is 5. The Morgan fingerprint density at radius 2 is 1.77 bits per heavy atom. The topological polar surface area (TPSA) is 141 Å². The Hall–Kier alpha value is -0.840. The number of halogens is 2. The van der Waals surface area contributed by atoms with Crippen molar-refractivity contribution in [1.82, 2.24) is 19.5 Å². The molecule has 2 fully saturated rings. The van der Waals surface area contributed by atoms with Gasteiger partial charge < -0.3 is 29.2 Å². The molecule has 11 nitrogen and oxygen atoms in total. The lowest BCUT2D eigenvalue weighted by molar-refractivity contribution is 0.00448. The van der Waals surface area contributed by atoms with Gasteiger partial charge in [0, 0.05) is 5.33 Å². The fraction of sp³-hybridized carbons (Fsp3) is 0.667. The highest BCUT2D eigenvalue weighted by atomic mass is 79.9. The van der Waals surface area contributed by atoms with Crippen LogP contribution in [0.2, 0.25) is 5.15 Å². The molecule has 0 aliphatic carbocycles. The third-order valence-corrected chi connectivity index (χ3v) is 6.79. The molecule has 2 aliphatic heterocycles. The quantitative estimate of drug-likeness (QED) is 0.339. The van der Waals surface area contributed by atoms with Crippen LogP contribution in [0.25, 0.3) is 11.2 Å². The van der Waals surface area contributed by atoms with E-state index in [0.717, 1.165) is 5.33 Å². The molecule has 4 heterocycles. The Morgan fingerprint density at radius 3 is 2.30 bits per heavy atom. The van der Waals surface area contributed by atoms with Crippen molar-refractivity contribution in [2.75, 3.05) is 37.6 Å². The van der Waals surface area contributed by atoms with Crippen molar-refractivity contribution >= 4 is 60.2 Å². The molecule has 0 aromatic carbocycles. The Balaban J connectivity index is 0.000000216. The SMILES string of the molecule is C[P+](=O)C1OCC(CBr)O1.C[P+](=O)C1OCC(Cn2cnc3c(Cl)nc(N)nc32)O1. The fourth-order valence-electron chi connectivity index (χ4n) is 2.70. The first kappa shape index (κ1) is 23.8. The molecule has 2 aliphatic rings. The van der Waals surface area contributed by atoms with Gasteiger partial charge >= 0.3 is 27.7 Å². The first-order valence-electron chi connectivity index (χ1n) is 8.82. The van der Waals surface area contributed by atoms with Crippen LogP contribution >= 0.6 is 43.1 Å². The molecule has 164 valence electrons. The summed E-state index contributed by atoms with van der Waals surface area (Å²) in [6, 6.07) is -1.12. The molecular weight excluding hydrogens is 523 g/mol. The first-order chi connectivity index (χ1) is 14.3. The van der Waals surface area contributed by atoms with E-state index < -0.39 is 27.7 Å². The number of nitrogen functional groups attached to an aromatic ring is 1. The lowest BCUT2D eigenvalue weighted by Crippen LogP contribution is -2.18. The Labute approximate surface area is 187 Å². The van der Waals surface area contributed by atoms with Gasteiger partial charge in [0.2, 0.25) is 5.95 Å². The summed E-state index contributed by atoms with van der Waals surface area (Å²) in [4.78, 5) is 12.1. The average molecular weight is 545 g/mol. The number of nitrogens with two attached hydrogens (primary N) is 1. The van der Waals surface area contributed by atoms with E-state index in [1.54, 1.807) is 24.2 Å². The van der Waals surface area contributed by atoms with Crippen LogP contribution in [0.15, 0.2) is 6.33 Å². The minimum Gasteiger partial charge on any atom is -0.368 e. The number of ether oxygens (including phenoxy) is 4. The number of fused-ring (bicyclic) bond motifs is 1. The summed E-state index contributed by atoms with van der Waals surface area (Å²) >= 11 is 9.21. The molecule has 0 spiro atoms. The van der Waals surface area contributed by atoms with Crippen molar-refractivity contribution in [3.05, 3.63) is 11.5 Å². The largest absolute Gasteiger partial charge is 0.398 e. The molecule has 6 atom stereocenters. The zero-order valence-corrected chi connectivity index (χ0v) is 20.3. The van der Waals surface area contributed by atoms with Crippen LogP contribution in [-0.2, 0) is 34.6 Å². The van der Waals surface area contributed by atoms with Crippen LogP contribution in [0.4, 0.5) is 5.95 Å². The average Bonchev–Trinajstić information content (AvgIpc) is 3.42. The van der Waals surface area contributed by atoms with Crippen molar-refractivity contribution in [3.63, 3.8) is 0 Å². The van der Waals surface area contributed by atoms with Gasteiger partial charge in [-0.05, 0) is 0 Å². The minimum absolute atomic E-state index is 0.0731. The van der Waals surface area contributed by atoms with E-state index in [0.29, 0.717) is 30.9 Å². The van der Waals surface area contributed by atoms with Crippen LogP contribution in [0.3, 0.4) is 0 Å². The lowest BCUT2D eigenvalue weighted by atomic mass is 10.4. The number of alkyl halides is 1. The molecule has 0 amide bonds. The van der Waals surface area contributed by atoms with Crippen molar-refractivity contribution in [2.24, 2.45) is 0 Å². The molecule has 4 rings (SSSR count). The van der Waals surface area contributed by atoms with Gasteiger partial charge in [0.15, 0.2) is 10.8 Å². The van der Waals surface area contributed by atoms with E-state index in [9.17, 15) is 9.13 Å². The van der Waals surface area contributed by atoms with E-state index in [2.05, 4.69) is 30.9 Å². The molecule has 2 aromatic heterocycles. The minimum atomic E-state index is -1.52. The molecule has 0 radical (unpaired) electrons. The highest BCUT2D eigenvalue weighted by Gasteiger charge is 2.38. The van der Waals surface area contributed by atoms with Gasteiger partial charge in [0.25, 0.3) is 0 Å². The predicted molar refractivity (Wildman–Crippen MR) is 115 cm³/mol. The normalized spacial score (nSPS) is 27.1. The molecule has 2 saturated heterocycles. The molecule has 2 N–H and O–H groups in total. The number of aromatic nitrogens is 4. The van der Waals surface area contributed by atoms with Crippen LogP contribution in [0.5, 0.6) is 0 Å². The molecule has 0 saturated carbocycles. The van der Waals surface area contributed by atoms with Gasteiger partial charge in [-0.1, -0.05) is 36.7 Å². The number of imidazole rings is 1. The number of anilines is 1. The Morgan fingerprint density at radius 1 is 1.17 bits per heavy atom. The van der Waals surface area contributed by atoms with Gasteiger partial charge in [-0.15, -0.1) is 0 Å². The van der Waals surface area contributed by atoms with Crippen LogP contribution in [0, 0.1) is 0 Å². The van der Waals surface area contributed by atoms with Crippen LogP contribution < -0.4 is 5.73 Å². The number of hydrogen-bond donors (Lipinski definition) is 1. The summed E-state index contributed by atoms with van der Waals surface area (Å²) < 4.78 is 45.0. The van der Waals surface area contributed by atoms with E-state index in [1.165, 1.54) is 0 Å². The molecule has 2 aromatic rings. The second-order valence-electron chi connectivity index (χ2n) is 6.49. The second kappa shape index (κ2) is 10.7. The standard InChI is InChI=1S/C10H12ClN5O3P.C5H9BrO3P/c1-20(17)10-18-3-5(19-10)2-16-4-13-6-7(11)14-9(12)15-8(6)16;1-10(7)5-8-3-4(2-6)9-5/h4-5,10H,2-3H2,1H3,(H2,12,14,15);4-5H,2-3H2,1H3/q2*+1. The second-order valence-corrected chi connectivity index (χ2v) is 10.5. The highest BCUT2D eigenvalue weighted by Crippen LogP contribution is 2.32. The first-order valence-corrected chi connectivity index (χ1v) is 13.9. The van der Waals surface area contributed by atoms with Crippen LogP contribution in [0.1, 0.15) is 0 Å². The Kier molecular flexibility index (Phi) is 8.46. The lowest BCUT2D eigenvalue weighted by Gasteiger charge is -2.08. The summed E-state index contributed by atoms with van der Waals surface area (Å²) in [5.74, 6) is 0.0855. The molecule has 0 bridgehead atoms. The van der Waals surface area contributed by atoms with E-state index in [1.807, 2.05) is 0 Å². The summed E-state index contributed by atoms with van der Waals surface area (Å²) in [6.45, 7) is 4.56. The predicted octanol–water partition coefficient (Wildman–Crippen LogP) is 2.76. The molecule has 6 unspecified atom stereocenters. The smallest absolute Gasteiger partial charge is 0.368 e. The van der Waals surface area contributed by atoms with E-state index >= 15 is 0 Å². The van der Waals surface area contributed by atoms with Gasteiger partial charge in [0.05, 0.1) is 32.2 Å². The van der Waals surface area contributed by atoms with Crippen molar-refractivity contribution < 1.29 is 28.1 Å². The van der Waals surface area contributed by atoms with E-state index in [4.69, 9.17) is 36.3 Å². The molecular formula is C15H21BrClN5O6P2+2. The summed E-state index contributed by atoms with van der Waals surface area (Å²) in [6.07, 6.45) is 1.45. The van der Waals surface area contributed by atoms with Gasteiger partial charge in [0.1, 0.15) is 25.0 Å². The van der Waals surface area contributed by atoms with Crippen LogP contribution in [-0.4, -0.2) is 75.7 Å². The molecule has 30 heavy (non-hydrogen) atoms. The zero-order chi connectivity index (χ0) is 21.8. The summed E-state index contributed by atoms with van der Waals surface area (Å²) in [5, 5.41) is 0.955. The highest BCUT2D eigenvalue weighted by molar-refractivity contribution is 9.09. The third kappa shape index (κ3) is 5.89. The zero-order valence-electron chi connectivity index (χ0n) is 16.2. The summed E-state index contributed by atoms with van der Waals surface area (Å²) in [7, 11) is -2.87. The number of nitrogens with zero attached hydrogens (tertiary/aromatic N) is 4. The Bertz CT molecular complexity index is 936. The van der Waals surface area contributed by atoms with Crippen molar-refractivity contribution in [3.8, 4) is 0 Å². The van der Waals surface area contributed by atoms with Gasteiger partial charge in [-0.25, -0.2) is 4.98 Å². The summed E-state index contributed by atoms with van der Waals surface area (Å²) in [5.41, 5.74) is 6.60. The maximum absolute atomic E-state index is 11.3. The van der Waals surface area contributed by atoms with Gasteiger partial charge in [-0.3, -0.25) is 0 Å². The monoisotopic (exact) mass is 543 g/mol. The van der Waals surface area contributed by atoms with Crippen molar-refractivity contribution in [2.45, 2.75) is 30.8 Å². The van der Waals surface area contributed by atoms with E-state index in [-0.39, 0.29) is 23.3 Å². The van der Waals surface area contributed by atoms with Crippen molar-refractivity contribution in [1.29, 1.82) is 0 Å². The fourth-order valence-corrected chi connectivity index (χ4v) is 4.54. The molecule has 15 heteroatoms. The van der Waals surface area contributed by atoms with Gasteiger partial charge in [-0.2, -0.15) is 9.97 Å². The number of hydrogen-bond acceptors (Lipinski definition) is 10.